The fourth-order valence-corrected chi connectivity index (χ4v) is 1.74. The molecular formula is C14H11FN2O3. The highest BCUT2D eigenvalue weighted by atomic mass is 19.1. The zero-order chi connectivity index (χ0) is 14.7. The van der Waals surface area contributed by atoms with Crippen molar-refractivity contribution in [3.8, 4) is 11.1 Å². The lowest BCUT2D eigenvalue weighted by Gasteiger charge is -2.07. The van der Waals surface area contributed by atoms with Crippen LogP contribution in [-0.2, 0) is 6.54 Å². The van der Waals surface area contributed by atoms with Crippen LogP contribution in [0.1, 0.15) is 10.5 Å². The van der Waals surface area contributed by atoms with E-state index in [1.54, 1.807) is 0 Å². The predicted molar refractivity (Wildman–Crippen MR) is 71.0 cm³/mol. The van der Waals surface area contributed by atoms with Gasteiger partial charge in [-0.1, -0.05) is 18.2 Å². The third-order valence-electron chi connectivity index (χ3n) is 2.64. The number of aromatic carboxylic acids is 1. The molecule has 0 aliphatic carbocycles. The molecule has 102 valence electrons. The van der Waals surface area contributed by atoms with E-state index in [1.807, 2.05) is 0 Å². The SMILES string of the molecule is C=CCn1cc(-c2ccc(F)cc2)c(=O)c(C(=O)O)n1. The van der Waals surface area contributed by atoms with Crippen LogP contribution in [0.2, 0.25) is 0 Å². The largest absolute Gasteiger partial charge is 0.476 e. The molecule has 0 saturated carbocycles. The molecule has 0 spiro atoms. The van der Waals surface area contributed by atoms with Gasteiger partial charge in [0, 0.05) is 11.8 Å². The summed E-state index contributed by atoms with van der Waals surface area (Å²) in [7, 11) is 0. The number of hydrogen-bond donors (Lipinski definition) is 1. The van der Waals surface area contributed by atoms with Gasteiger partial charge in [-0.15, -0.1) is 6.58 Å². The Balaban J connectivity index is 2.67. The summed E-state index contributed by atoms with van der Waals surface area (Å²) in [5, 5.41) is 12.7. The molecule has 0 radical (unpaired) electrons. The number of benzene rings is 1. The molecule has 0 saturated heterocycles. The first-order valence-electron chi connectivity index (χ1n) is 5.75. The van der Waals surface area contributed by atoms with Crippen LogP contribution in [0.4, 0.5) is 4.39 Å². The van der Waals surface area contributed by atoms with E-state index >= 15 is 0 Å². The molecule has 2 rings (SSSR count). The number of hydrogen-bond acceptors (Lipinski definition) is 3. The van der Waals surface area contributed by atoms with Crippen molar-refractivity contribution in [2.75, 3.05) is 0 Å². The molecule has 6 heteroatoms. The summed E-state index contributed by atoms with van der Waals surface area (Å²) in [6.45, 7) is 3.79. The van der Waals surface area contributed by atoms with Gasteiger partial charge >= 0.3 is 5.97 Å². The summed E-state index contributed by atoms with van der Waals surface area (Å²) in [4.78, 5) is 23.1. The van der Waals surface area contributed by atoms with Crippen molar-refractivity contribution < 1.29 is 14.3 Å². The number of nitrogens with zero attached hydrogens (tertiary/aromatic N) is 2. The highest BCUT2D eigenvalue weighted by Crippen LogP contribution is 2.16. The fraction of sp³-hybridized carbons (Fsp3) is 0.0714. The van der Waals surface area contributed by atoms with E-state index in [9.17, 15) is 14.0 Å². The minimum absolute atomic E-state index is 0.152. The fourth-order valence-electron chi connectivity index (χ4n) is 1.74. The minimum atomic E-state index is -1.41. The van der Waals surface area contributed by atoms with Crippen LogP contribution in [-0.4, -0.2) is 20.9 Å². The van der Waals surface area contributed by atoms with Crippen molar-refractivity contribution in [1.29, 1.82) is 0 Å². The van der Waals surface area contributed by atoms with E-state index in [4.69, 9.17) is 5.11 Å². The lowest BCUT2D eigenvalue weighted by Crippen LogP contribution is -2.23. The lowest BCUT2D eigenvalue weighted by atomic mass is 10.1. The third-order valence-corrected chi connectivity index (χ3v) is 2.64. The summed E-state index contributed by atoms with van der Waals surface area (Å²) in [6, 6.07) is 5.23. The Kier molecular flexibility index (Phi) is 3.74. The van der Waals surface area contributed by atoms with Gasteiger partial charge in [0.1, 0.15) is 5.82 Å². The van der Waals surface area contributed by atoms with Gasteiger partial charge in [0.05, 0.1) is 6.54 Å². The molecule has 1 N–H and O–H groups in total. The number of carboxylic acid groups (broad SMARTS) is 1. The van der Waals surface area contributed by atoms with Gasteiger partial charge in [0.2, 0.25) is 11.1 Å². The van der Waals surface area contributed by atoms with Crippen molar-refractivity contribution in [2.24, 2.45) is 0 Å². The average Bonchev–Trinajstić information content (AvgIpc) is 2.41. The quantitative estimate of drug-likeness (QED) is 0.865. The van der Waals surface area contributed by atoms with Gasteiger partial charge in [0.15, 0.2) is 0 Å². The monoisotopic (exact) mass is 274 g/mol. The van der Waals surface area contributed by atoms with Crippen LogP contribution in [0.15, 0.2) is 47.9 Å². The van der Waals surface area contributed by atoms with Crippen LogP contribution in [0, 0.1) is 5.82 Å². The highest BCUT2D eigenvalue weighted by molar-refractivity contribution is 5.86. The van der Waals surface area contributed by atoms with E-state index in [1.165, 1.54) is 41.2 Å². The minimum Gasteiger partial charge on any atom is -0.476 e. The van der Waals surface area contributed by atoms with Gasteiger partial charge in [-0.3, -0.25) is 9.48 Å². The first-order chi connectivity index (χ1) is 9.52. The molecule has 5 nitrogen and oxygen atoms in total. The van der Waals surface area contributed by atoms with E-state index in [0.29, 0.717) is 5.56 Å². The summed E-state index contributed by atoms with van der Waals surface area (Å²) in [5.74, 6) is -1.84. The molecule has 1 heterocycles. The summed E-state index contributed by atoms with van der Waals surface area (Å²) in [6.07, 6.45) is 2.95. The Labute approximate surface area is 113 Å². The molecular weight excluding hydrogens is 263 g/mol. The maximum absolute atomic E-state index is 12.9. The smallest absolute Gasteiger partial charge is 0.360 e. The topological polar surface area (TPSA) is 72.2 Å². The summed E-state index contributed by atoms with van der Waals surface area (Å²) < 4.78 is 14.2. The van der Waals surface area contributed by atoms with Gasteiger partial charge in [-0.2, -0.15) is 5.10 Å². The second-order valence-electron chi connectivity index (χ2n) is 4.04. The maximum Gasteiger partial charge on any atom is 0.360 e. The zero-order valence-corrected chi connectivity index (χ0v) is 10.4. The molecule has 0 unspecified atom stereocenters. The van der Waals surface area contributed by atoms with Crippen LogP contribution >= 0.6 is 0 Å². The van der Waals surface area contributed by atoms with Gasteiger partial charge in [-0.25, -0.2) is 9.18 Å². The number of halogens is 1. The van der Waals surface area contributed by atoms with Crippen molar-refractivity contribution in [3.63, 3.8) is 0 Å². The molecule has 0 atom stereocenters. The first kappa shape index (κ1) is 13.7. The first-order valence-corrected chi connectivity index (χ1v) is 5.75. The van der Waals surface area contributed by atoms with Gasteiger partial charge in [-0.05, 0) is 17.7 Å². The molecule has 1 aromatic heterocycles. The van der Waals surface area contributed by atoms with E-state index in [2.05, 4.69) is 11.7 Å². The number of allylic oxidation sites excluding steroid dienone is 1. The second-order valence-corrected chi connectivity index (χ2v) is 4.04. The Morgan fingerprint density at radius 3 is 2.60 bits per heavy atom. The Morgan fingerprint density at radius 1 is 1.40 bits per heavy atom. The second kappa shape index (κ2) is 5.48. The van der Waals surface area contributed by atoms with Crippen molar-refractivity contribution in [2.45, 2.75) is 6.54 Å². The predicted octanol–water partition coefficient (Wildman–Crippen LogP) is 1.93. The zero-order valence-electron chi connectivity index (χ0n) is 10.4. The molecule has 20 heavy (non-hydrogen) atoms. The highest BCUT2D eigenvalue weighted by Gasteiger charge is 2.16. The molecule has 2 aromatic rings. The van der Waals surface area contributed by atoms with Crippen LogP contribution in [0.3, 0.4) is 0 Å². The number of rotatable bonds is 4. The lowest BCUT2D eigenvalue weighted by molar-refractivity contribution is 0.0686. The maximum atomic E-state index is 12.9. The van der Waals surface area contributed by atoms with E-state index in [0.717, 1.165) is 0 Å². The Hall–Kier alpha value is -2.76. The van der Waals surface area contributed by atoms with Crippen molar-refractivity contribution in [3.05, 3.63) is 64.9 Å². The summed E-state index contributed by atoms with van der Waals surface area (Å²) >= 11 is 0. The Bertz CT molecular complexity index is 720. The number of aromatic nitrogens is 2. The Morgan fingerprint density at radius 2 is 2.05 bits per heavy atom. The van der Waals surface area contributed by atoms with Crippen LogP contribution in [0.25, 0.3) is 11.1 Å². The third kappa shape index (κ3) is 2.64. The average molecular weight is 274 g/mol. The molecule has 0 aliphatic heterocycles. The van der Waals surface area contributed by atoms with E-state index in [-0.39, 0.29) is 12.1 Å². The van der Waals surface area contributed by atoms with Crippen LogP contribution < -0.4 is 5.43 Å². The van der Waals surface area contributed by atoms with Crippen molar-refractivity contribution >= 4 is 5.97 Å². The molecule has 1 aromatic carbocycles. The summed E-state index contributed by atoms with van der Waals surface area (Å²) in [5.41, 5.74) is -0.698. The van der Waals surface area contributed by atoms with Gasteiger partial charge in [0.25, 0.3) is 0 Å². The molecule has 0 aliphatic rings. The standard InChI is InChI=1S/C14H11FN2O3/c1-2-7-17-8-11(9-3-5-10(15)6-4-9)13(18)12(16-17)14(19)20/h2-6,8H,1,7H2,(H,19,20). The van der Waals surface area contributed by atoms with Crippen molar-refractivity contribution in [1.82, 2.24) is 9.78 Å². The van der Waals surface area contributed by atoms with E-state index < -0.39 is 22.9 Å². The van der Waals surface area contributed by atoms with Crippen LogP contribution in [0.5, 0.6) is 0 Å². The normalized spacial score (nSPS) is 10.2. The molecule has 0 fully saturated rings. The number of carbonyl (C=O) groups is 1. The molecule has 0 bridgehead atoms. The van der Waals surface area contributed by atoms with Gasteiger partial charge < -0.3 is 5.11 Å². The molecule has 0 amide bonds. The number of carboxylic acids is 1.